The average molecular weight is 401 g/mol. The Morgan fingerprint density at radius 3 is 3.04 bits per heavy atom. The first kappa shape index (κ1) is 18.8. The fraction of sp³-hybridized carbons (Fsp3) is 0.474. The van der Waals surface area contributed by atoms with Crippen molar-refractivity contribution in [2.24, 2.45) is 0 Å². The molecule has 148 valence electrons. The van der Waals surface area contributed by atoms with Crippen molar-refractivity contribution in [3.05, 3.63) is 56.2 Å². The summed E-state index contributed by atoms with van der Waals surface area (Å²) in [5.74, 6) is -0.166. The van der Waals surface area contributed by atoms with E-state index in [1.165, 1.54) is 11.8 Å². The van der Waals surface area contributed by atoms with Crippen LogP contribution in [0.15, 0.2) is 35.4 Å². The maximum Gasteiger partial charge on any atom is 0.415 e. The van der Waals surface area contributed by atoms with Crippen LogP contribution in [0.3, 0.4) is 0 Å². The van der Waals surface area contributed by atoms with E-state index < -0.39 is 10.5 Å². The van der Waals surface area contributed by atoms with E-state index >= 15 is 0 Å². The third-order valence-corrected chi connectivity index (χ3v) is 5.85. The van der Waals surface area contributed by atoms with Crippen LogP contribution in [0.25, 0.3) is 0 Å². The van der Waals surface area contributed by atoms with Crippen LogP contribution in [-0.4, -0.2) is 49.6 Å². The Morgan fingerprint density at radius 2 is 2.32 bits per heavy atom. The van der Waals surface area contributed by atoms with Crippen LogP contribution in [0.5, 0.6) is 6.01 Å². The maximum absolute atomic E-state index is 10.8. The molecule has 0 bridgehead atoms. The van der Waals surface area contributed by atoms with Gasteiger partial charge in [-0.25, -0.2) is 4.98 Å². The number of imidazole rings is 1. The fourth-order valence-electron chi connectivity index (χ4n) is 3.73. The molecule has 0 fully saturated rings. The summed E-state index contributed by atoms with van der Waals surface area (Å²) in [6, 6.07) is 0.334. The highest BCUT2D eigenvalue weighted by Crippen LogP contribution is 2.32. The lowest BCUT2D eigenvalue weighted by molar-refractivity contribution is -0.389. The van der Waals surface area contributed by atoms with Gasteiger partial charge in [-0.15, -0.1) is 11.3 Å². The highest BCUT2D eigenvalue weighted by atomic mass is 32.1. The number of fused-ring (bicyclic) bond motifs is 1. The summed E-state index contributed by atoms with van der Waals surface area (Å²) in [7, 11) is 0. The second-order valence-corrected chi connectivity index (χ2v) is 8.53. The number of nitro groups is 1. The third-order valence-electron chi connectivity index (χ3n) is 4.86. The molecule has 0 amide bonds. The molecule has 0 saturated carbocycles. The van der Waals surface area contributed by atoms with Gasteiger partial charge in [0.15, 0.2) is 0 Å². The Labute approximate surface area is 167 Å². The van der Waals surface area contributed by atoms with Crippen molar-refractivity contribution in [3.63, 3.8) is 0 Å². The summed E-state index contributed by atoms with van der Waals surface area (Å²) >= 11 is 1.70. The molecule has 4 rings (SSSR count). The number of allylic oxidation sites excluding steroid dienone is 1. The van der Waals surface area contributed by atoms with Gasteiger partial charge in [-0.05, 0) is 30.8 Å². The monoisotopic (exact) mass is 401 g/mol. The van der Waals surface area contributed by atoms with Gasteiger partial charge >= 0.3 is 11.8 Å². The van der Waals surface area contributed by atoms with Crippen LogP contribution in [0, 0.1) is 17.0 Å². The minimum absolute atomic E-state index is 0.166. The van der Waals surface area contributed by atoms with E-state index in [2.05, 4.69) is 38.5 Å². The molecule has 0 spiro atoms. The number of hydrogen-bond acceptors (Lipinski definition) is 7. The Morgan fingerprint density at radius 1 is 1.46 bits per heavy atom. The predicted molar refractivity (Wildman–Crippen MR) is 107 cm³/mol. The van der Waals surface area contributed by atoms with Crippen molar-refractivity contribution in [2.75, 3.05) is 19.6 Å². The zero-order chi connectivity index (χ0) is 19.7. The zero-order valence-corrected chi connectivity index (χ0v) is 16.8. The minimum Gasteiger partial charge on any atom is -0.436 e. The quantitative estimate of drug-likeness (QED) is 0.546. The van der Waals surface area contributed by atoms with Gasteiger partial charge < -0.3 is 14.9 Å². The van der Waals surface area contributed by atoms with E-state index in [0.717, 1.165) is 43.2 Å². The number of nitrogens with zero attached hydrogens (tertiary/aromatic N) is 5. The first-order valence-corrected chi connectivity index (χ1v) is 10.2. The lowest BCUT2D eigenvalue weighted by atomic mass is 10.0. The van der Waals surface area contributed by atoms with Crippen LogP contribution in [0.1, 0.15) is 24.0 Å². The van der Waals surface area contributed by atoms with E-state index in [-0.39, 0.29) is 5.82 Å². The summed E-state index contributed by atoms with van der Waals surface area (Å²) in [6.07, 6.45) is 9.96. The van der Waals surface area contributed by atoms with Gasteiger partial charge in [0.25, 0.3) is 0 Å². The van der Waals surface area contributed by atoms with Gasteiger partial charge in [-0.3, -0.25) is 9.47 Å². The number of rotatable bonds is 6. The van der Waals surface area contributed by atoms with Crippen LogP contribution < -0.4 is 4.74 Å². The zero-order valence-electron chi connectivity index (χ0n) is 16.0. The molecule has 0 radical (unpaired) electrons. The molecule has 28 heavy (non-hydrogen) atoms. The van der Waals surface area contributed by atoms with E-state index in [4.69, 9.17) is 4.74 Å². The lowest BCUT2D eigenvalue weighted by Crippen LogP contribution is -2.46. The standard InChI is InChI=1S/C19H23N5O3S/c1-14-11-28-17(20-14)7-3-5-15-6-4-8-22(9-15)12-19(2)13-23-10-16(24(25)26)21-18(23)27-19/h3,5-6,10-11H,4,7-9,12-13H2,1-2H3/b5-3-/t19-/m0/s1. The first-order valence-electron chi connectivity index (χ1n) is 9.30. The third kappa shape index (κ3) is 4.15. The SMILES string of the molecule is Cc1csc(C/C=C\C2=CCCN(C[C@@]3(C)Cn4cc([N+](=O)[O-])nc4O3)C2)n1. The molecule has 1 atom stereocenters. The average Bonchev–Trinajstić information content (AvgIpc) is 3.28. The van der Waals surface area contributed by atoms with Crippen molar-refractivity contribution in [1.82, 2.24) is 19.4 Å². The molecule has 0 unspecified atom stereocenters. The summed E-state index contributed by atoms with van der Waals surface area (Å²) in [5, 5.41) is 14.1. The summed E-state index contributed by atoms with van der Waals surface area (Å²) in [5.41, 5.74) is 1.95. The maximum atomic E-state index is 10.8. The smallest absolute Gasteiger partial charge is 0.415 e. The molecular formula is C19H23N5O3S. The second kappa shape index (κ2) is 7.48. The molecule has 2 aromatic rings. The molecule has 0 aliphatic carbocycles. The Bertz CT molecular complexity index is 922. The molecule has 4 heterocycles. The molecule has 2 aliphatic heterocycles. The highest BCUT2D eigenvalue weighted by Gasteiger charge is 2.41. The first-order chi connectivity index (χ1) is 13.4. The summed E-state index contributed by atoms with van der Waals surface area (Å²) in [4.78, 5) is 21.2. The van der Waals surface area contributed by atoms with E-state index in [1.807, 2.05) is 13.8 Å². The van der Waals surface area contributed by atoms with Crippen molar-refractivity contribution >= 4 is 17.2 Å². The second-order valence-electron chi connectivity index (χ2n) is 7.59. The summed E-state index contributed by atoms with van der Waals surface area (Å²) < 4.78 is 7.70. The molecule has 2 aliphatic rings. The van der Waals surface area contributed by atoms with Crippen LogP contribution >= 0.6 is 11.3 Å². The molecule has 8 nitrogen and oxygen atoms in total. The van der Waals surface area contributed by atoms with E-state index in [9.17, 15) is 10.1 Å². The van der Waals surface area contributed by atoms with Crippen LogP contribution in [0.2, 0.25) is 0 Å². The number of thiazole rings is 1. The van der Waals surface area contributed by atoms with Gasteiger partial charge in [0, 0.05) is 42.1 Å². The number of hydrogen-bond donors (Lipinski definition) is 0. The van der Waals surface area contributed by atoms with Gasteiger partial charge in [0.2, 0.25) is 0 Å². The molecular weight excluding hydrogens is 378 g/mol. The van der Waals surface area contributed by atoms with Gasteiger partial charge in [-0.2, -0.15) is 0 Å². The van der Waals surface area contributed by atoms with Crippen molar-refractivity contribution in [1.29, 1.82) is 0 Å². The largest absolute Gasteiger partial charge is 0.436 e. The van der Waals surface area contributed by atoms with E-state index in [1.54, 1.807) is 15.9 Å². The highest BCUT2D eigenvalue weighted by molar-refractivity contribution is 7.09. The van der Waals surface area contributed by atoms with E-state index in [0.29, 0.717) is 12.6 Å². The number of aromatic nitrogens is 3. The topological polar surface area (TPSA) is 86.3 Å². The molecule has 2 aromatic heterocycles. The van der Waals surface area contributed by atoms with Crippen molar-refractivity contribution in [2.45, 2.75) is 38.8 Å². The van der Waals surface area contributed by atoms with Crippen LogP contribution in [-0.2, 0) is 13.0 Å². The molecule has 0 aromatic carbocycles. The van der Waals surface area contributed by atoms with Gasteiger partial charge in [-0.1, -0.05) is 18.2 Å². The van der Waals surface area contributed by atoms with Crippen LogP contribution in [0.4, 0.5) is 5.82 Å². The van der Waals surface area contributed by atoms with Gasteiger partial charge in [0.05, 0.1) is 11.6 Å². The fourth-order valence-corrected chi connectivity index (χ4v) is 4.48. The number of aryl methyl sites for hydroxylation is 1. The molecule has 9 heteroatoms. The number of ether oxygens (including phenoxy) is 1. The minimum atomic E-state index is -0.493. The molecule has 0 N–H and O–H groups in total. The summed E-state index contributed by atoms with van der Waals surface area (Å²) in [6.45, 7) is 7.21. The molecule has 0 saturated heterocycles. The van der Waals surface area contributed by atoms with Crippen molar-refractivity contribution in [3.8, 4) is 6.01 Å². The van der Waals surface area contributed by atoms with Gasteiger partial charge in [0.1, 0.15) is 11.8 Å². The lowest BCUT2D eigenvalue weighted by Gasteiger charge is -2.33. The Balaban J connectivity index is 1.32. The Hall–Kier alpha value is -2.52. The predicted octanol–water partition coefficient (Wildman–Crippen LogP) is 3.14. The normalized spacial score (nSPS) is 22.3. The Kier molecular flexibility index (Phi) is 5.03. The van der Waals surface area contributed by atoms with Crippen molar-refractivity contribution < 1.29 is 9.66 Å².